The number of hydrogen-bond donors (Lipinski definition) is 2. The normalized spacial score (nSPS) is 10.6. The molecule has 3 heterocycles. The third-order valence-corrected chi connectivity index (χ3v) is 5.62. The SMILES string of the molecule is COc1ncc(-c2nc(NC(=O)Cc3ccc(Oc4ncccc4C(N)=O)c(F)c3)sc2C)cn1. The Hall–Kier alpha value is -4.45. The highest BCUT2D eigenvalue weighted by molar-refractivity contribution is 7.16. The molecule has 3 aromatic heterocycles. The molecular formula is C23H19FN6O4S. The van der Waals surface area contributed by atoms with Gasteiger partial charge in [0, 0.05) is 29.0 Å². The number of nitrogens with one attached hydrogen (secondary N) is 1. The summed E-state index contributed by atoms with van der Waals surface area (Å²) in [6.45, 7) is 1.87. The topological polar surface area (TPSA) is 142 Å². The Bertz CT molecular complexity index is 1390. The first-order chi connectivity index (χ1) is 16.8. The van der Waals surface area contributed by atoms with Gasteiger partial charge in [0.15, 0.2) is 16.7 Å². The Morgan fingerprint density at radius 3 is 2.63 bits per heavy atom. The van der Waals surface area contributed by atoms with E-state index < -0.39 is 11.7 Å². The minimum atomic E-state index is -0.748. The number of methoxy groups -OCH3 is 1. The van der Waals surface area contributed by atoms with Crippen LogP contribution in [0.15, 0.2) is 48.9 Å². The molecule has 0 aliphatic heterocycles. The van der Waals surface area contributed by atoms with Crippen LogP contribution in [0.1, 0.15) is 20.8 Å². The lowest BCUT2D eigenvalue weighted by Crippen LogP contribution is -2.14. The largest absolute Gasteiger partial charge is 0.467 e. The molecule has 0 saturated carbocycles. The Morgan fingerprint density at radius 2 is 1.94 bits per heavy atom. The zero-order valence-electron chi connectivity index (χ0n) is 18.6. The molecule has 0 atom stereocenters. The maximum absolute atomic E-state index is 14.6. The summed E-state index contributed by atoms with van der Waals surface area (Å²) >= 11 is 1.30. The molecule has 35 heavy (non-hydrogen) atoms. The standard InChI is InChI=1S/C23H19FN6O4S/c1-12-19(14-10-27-22(33-2)28-11-14)30-23(35-12)29-18(31)9-13-5-6-17(16(24)8-13)34-21-15(20(25)32)4-3-7-26-21/h3-8,10-11H,9H2,1-2H3,(H2,25,32)(H,29,30,31). The molecule has 10 nitrogen and oxygen atoms in total. The van der Waals surface area contributed by atoms with Crippen LogP contribution in [-0.4, -0.2) is 38.9 Å². The first-order valence-electron chi connectivity index (χ1n) is 10.2. The van der Waals surface area contributed by atoms with E-state index in [2.05, 4.69) is 25.3 Å². The highest BCUT2D eigenvalue weighted by Crippen LogP contribution is 2.30. The van der Waals surface area contributed by atoms with Crippen LogP contribution in [0, 0.1) is 12.7 Å². The molecule has 0 fully saturated rings. The number of rotatable bonds is 8. The third-order valence-electron chi connectivity index (χ3n) is 4.73. The summed E-state index contributed by atoms with van der Waals surface area (Å²) in [5, 5.41) is 3.12. The van der Waals surface area contributed by atoms with Crippen molar-refractivity contribution in [1.82, 2.24) is 19.9 Å². The van der Waals surface area contributed by atoms with Gasteiger partial charge in [0.1, 0.15) is 5.56 Å². The van der Waals surface area contributed by atoms with Gasteiger partial charge in [-0.3, -0.25) is 9.59 Å². The van der Waals surface area contributed by atoms with Crippen LogP contribution in [-0.2, 0) is 11.2 Å². The molecule has 1 aromatic carbocycles. The minimum Gasteiger partial charge on any atom is -0.467 e. The number of amides is 2. The van der Waals surface area contributed by atoms with Crippen molar-refractivity contribution in [1.29, 1.82) is 0 Å². The van der Waals surface area contributed by atoms with E-state index >= 15 is 0 Å². The number of halogens is 1. The number of nitrogens with two attached hydrogens (primary N) is 1. The number of aromatic nitrogens is 4. The quantitative estimate of drug-likeness (QED) is 0.379. The van der Waals surface area contributed by atoms with Crippen molar-refractivity contribution in [2.75, 3.05) is 12.4 Å². The van der Waals surface area contributed by atoms with E-state index in [1.807, 2.05) is 6.92 Å². The second-order valence-corrected chi connectivity index (χ2v) is 8.40. The van der Waals surface area contributed by atoms with Crippen molar-refractivity contribution >= 4 is 28.3 Å². The average molecular weight is 495 g/mol. The average Bonchev–Trinajstić information content (AvgIpc) is 3.20. The monoisotopic (exact) mass is 494 g/mol. The molecule has 0 bridgehead atoms. The maximum atomic E-state index is 14.6. The fourth-order valence-corrected chi connectivity index (χ4v) is 3.96. The van der Waals surface area contributed by atoms with Gasteiger partial charge in [-0.15, -0.1) is 11.3 Å². The van der Waals surface area contributed by atoms with E-state index in [-0.39, 0.29) is 35.5 Å². The van der Waals surface area contributed by atoms with Crippen LogP contribution >= 0.6 is 11.3 Å². The lowest BCUT2D eigenvalue weighted by atomic mass is 10.1. The van der Waals surface area contributed by atoms with Crippen molar-refractivity contribution in [3.63, 3.8) is 0 Å². The molecule has 4 rings (SSSR count). The molecule has 0 radical (unpaired) electrons. The first-order valence-corrected chi connectivity index (χ1v) is 11.0. The Morgan fingerprint density at radius 1 is 1.17 bits per heavy atom. The molecule has 0 spiro atoms. The molecule has 12 heteroatoms. The van der Waals surface area contributed by atoms with Gasteiger partial charge in [-0.25, -0.2) is 24.3 Å². The fraction of sp³-hybridized carbons (Fsp3) is 0.130. The second-order valence-electron chi connectivity index (χ2n) is 7.19. The summed E-state index contributed by atoms with van der Waals surface area (Å²) < 4.78 is 25.0. The Labute approximate surface area is 203 Å². The number of nitrogens with zero attached hydrogens (tertiary/aromatic N) is 4. The molecular weight excluding hydrogens is 475 g/mol. The van der Waals surface area contributed by atoms with Crippen molar-refractivity contribution in [2.24, 2.45) is 5.73 Å². The summed E-state index contributed by atoms with van der Waals surface area (Å²) in [4.78, 5) is 41.4. The summed E-state index contributed by atoms with van der Waals surface area (Å²) in [7, 11) is 1.48. The van der Waals surface area contributed by atoms with Gasteiger partial charge < -0.3 is 20.5 Å². The molecule has 2 amide bonds. The lowest BCUT2D eigenvalue weighted by Gasteiger charge is -2.09. The number of aryl methyl sites for hydroxylation is 1. The highest BCUT2D eigenvalue weighted by atomic mass is 32.1. The molecule has 3 N–H and O–H groups in total. The first kappa shape index (κ1) is 23.7. The number of carbonyl (C=O) groups excluding carboxylic acids is 2. The fourth-order valence-electron chi connectivity index (χ4n) is 3.11. The maximum Gasteiger partial charge on any atom is 0.316 e. The van der Waals surface area contributed by atoms with E-state index in [9.17, 15) is 14.0 Å². The number of carbonyl (C=O) groups is 2. The molecule has 178 valence electrons. The molecule has 0 aliphatic rings. The highest BCUT2D eigenvalue weighted by Gasteiger charge is 2.16. The van der Waals surface area contributed by atoms with Crippen LogP contribution in [0.2, 0.25) is 0 Å². The summed E-state index contributed by atoms with van der Waals surface area (Å²) in [5.74, 6) is -2.10. The number of benzene rings is 1. The summed E-state index contributed by atoms with van der Waals surface area (Å²) in [5.41, 5.74) is 7.06. The number of thiazole rings is 1. The van der Waals surface area contributed by atoms with Crippen LogP contribution in [0.3, 0.4) is 0 Å². The van der Waals surface area contributed by atoms with E-state index in [1.165, 1.54) is 55.0 Å². The second kappa shape index (κ2) is 10.2. The Kier molecular flexibility index (Phi) is 6.92. The molecule has 0 unspecified atom stereocenters. The van der Waals surface area contributed by atoms with Gasteiger partial charge in [0.2, 0.25) is 11.8 Å². The van der Waals surface area contributed by atoms with Crippen LogP contribution < -0.4 is 20.5 Å². The molecule has 0 aliphatic carbocycles. The zero-order chi connectivity index (χ0) is 24.9. The van der Waals surface area contributed by atoms with Gasteiger partial charge in [0.05, 0.1) is 19.2 Å². The zero-order valence-corrected chi connectivity index (χ0v) is 19.4. The summed E-state index contributed by atoms with van der Waals surface area (Å²) in [6.07, 6.45) is 4.48. The number of ether oxygens (including phenoxy) is 2. The summed E-state index contributed by atoms with van der Waals surface area (Å²) in [6, 6.07) is 7.25. The van der Waals surface area contributed by atoms with Crippen LogP contribution in [0.5, 0.6) is 17.6 Å². The van der Waals surface area contributed by atoms with Crippen molar-refractivity contribution < 1.29 is 23.5 Å². The lowest BCUT2D eigenvalue weighted by molar-refractivity contribution is -0.115. The van der Waals surface area contributed by atoms with E-state index in [0.29, 0.717) is 22.0 Å². The van der Waals surface area contributed by atoms with Gasteiger partial charge in [0.25, 0.3) is 5.91 Å². The predicted molar refractivity (Wildman–Crippen MR) is 126 cm³/mol. The number of primary amides is 1. The van der Waals surface area contributed by atoms with Gasteiger partial charge in [-0.1, -0.05) is 6.07 Å². The number of pyridine rings is 1. The van der Waals surface area contributed by atoms with Crippen LogP contribution in [0.4, 0.5) is 9.52 Å². The van der Waals surface area contributed by atoms with Crippen LogP contribution in [0.25, 0.3) is 11.3 Å². The minimum absolute atomic E-state index is 0.0228. The molecule has 4 aromatic rings. The van der Waals surface area contributed by atoms with Gasteiger partial charge >= 0.3 is 6.01 Å². The van der Waals surface area contributed by atoms with Crippen molar-refractivity contribution in [2.45, 2.75) is 13.3 Å². The Balaban J connectivity index is 1.42. The third kappa shape index (κ3) is 5.55. The van der Waals surface area contributed by atoms with E-state index in [0.717, 1.165) is 4.88 Å². The number of hydrogen-bond acceptors (Lipinski definition) is 9. The molecule has 0 saturated heterocycles. The number of anilines is 1. The van der Waals surface area contributed by atoms with Gasteiger partial charge in [-0.05, 0) is 36.8 Å². The van der Waals surface area contributed by atoms with Crippen molar-refractivity contribution in [3.05, 3.63) is 70.7 Å². The smallest absolute Gasteiger partial charge is 0.316 e. The van der Waals surface area contributed by atoms with E-state index in [1.54, 1.807) is 12.4 Å². The predicted octanol–water partition coefficient (Wildman–Crippen LogP) is 3.52. The van der Waals surface area contributed by atoms with Gasteiger partial charge in [-0.2, -0.15) is 0 Å². The van der Waals surface area contributed by atoms with Crippen molar-refractivity contribution in [3.8, 4) is 28.9 Å². The van der Waals surface area contributed by atoms with E-state index in [4.69, 9.17) is 15.2 Å².